The normalized spacial score (nSPS) is 17.9. The van der Waals surface area contributed by atoms with Crippen molar-refractivity contribution in [1.82, 2.24) is 15.2 Å². The first-order valence-corrected chi connectivity index (χ1v) is 8.13. The maximum absolute atomic E-state index is 4.62. The van der Waals surface area contributed by atoms with Gasteiger partial charge in [-0.2, -0.15) is 0 Å². The van der Waals surface area contributed by atoms with Crippen molar-refractivity contribution < 1.29 is 0 Å². The van der Waals surface area contributed by atoms with Gasteiger partial charge in [0.2, 0.25) is 0 Å². The van der Waals surface area contributed by atoms with Crippen LogP contribution in [0.15, 0.2) is 18.3 Å². The number of likely N-dealkylation sites (tertiary alicyclic amines) is 1. The molecule has 0 radical (unpaired) electrons. The highest BCUT2D eigenvalue weighted by Crippen LogP contribution is 2.12. The molecule has 3 nitrogen and oxygen atoms in total. The first-order chi connectivity index (χ1) is 9.74. The molecule has 0 spiro atoms. The Hall–Kier alpha value is -0.930. The van der Waals surface area contributed by atoms with Gasteiger partial charge >= 0.3 is 0 Å². The zero-order valence-electron chi connectivity index (χ0n) is 13.1. The van der Waals surface area contributed by atoms with Crippen molar-refractivity contribution in [3.63, 3.8) is 0 Å². The Labute approximate surface area is 123 Å². The second-order valence-electron chi connectivity index (χ2n) is 6.24. The topological polar surface area (TPSA) is 28.2 Å². The van der Waals surface area contributed by atoms with Gasteiger partial charge in [0, 0.05) is 25.3 Å². The van der Waals surface area contributed by atoms with Crippen molar-refractivity contribution in [3.8, 4) is 0 Å². The molecule has 1 fully saturated rings. The minimum absolute atomic E-state index is 0.524. The van der Waals surface area contributed by atoms with Crippen LogP contribution in [0.25, 0.3) is 0 Å². The van der Waals surface area contributed by atoms with E-state index in [4.69, 9.17) is 0 Å². The summed E-state index contributed by atoms with van der Waals surface area (Å²) in [4.78, 5) is 7.19. The number of pyridine rings is 1. The number of nitrogens with one attached hydrogen (secondary N) is 1. The molecule has 1 aliphatic rings. The van der Waals surface area contributed by atoms with Crippen LogP contribution in [-0.4, -0.2) is 29.0 Å². The molecule has 1 saturated heterocycles. The largest absolute Gasteiger partial charge is 0.310 e. The second kappa shape index (κ2) is 8.38. The Bertz CT molecular complexity index is 364. The van der Waals surface area contributed by atoms with Crippen molar-refractivity contribution in [2.24, 2.45) is 0 Å². The summed E-state index contributed by atoms with van der Waals surface area (Å²) in [5, 5.41) is 3.43. The summed E-state index contributed by atoms with van der Waals surface area (Å²) in [6.45, 7) is 8.73. The highest BCUT2D eigenvalue weighted by molar-refractivity contribution is 5.14. The van der Waals surface area contributed by atoms with E-state index in [0.29, 0.717) is 6.04 Å². The van der Waals surface area contributed by atoms with Crippen LogP contribution in [0.4, 0.5) is 0 Å². The fourth-order valence-corrected chi connectivity index (χ4v) is 2.68. The van der Waals surface area contributed by atoms with Gasteiger partial charge in [0.15, 0.2) is 0 Å². The van der Waals surface area contributed by atoms with E-state index in [-0.39, 0.29) is 0 Å². The van der Waals surface area contributed by atoms with E-state index < -0.39 is 0 Å². The molecule has 1 aromatic rings. The van der Waals surface area contributed by atoms with Gasteiger partial charge in [-0.3, -0.25) is 9.88 Å². The predicted octanol–water partition coefficient (Wildman–Crippen LogP) is 3.35. The second-order valence-corrected chi connectivity index (χ2v) is 6.24. The minimum atomic E-state index is 0.524. The maximum Gasteiger partial charge on any atom is 0.0544 e. The predicted molar refractivity (Wildman–Crippen MR) is 84.6 cm³/mol. The van der Waals surface area contributed by atoms with Crippen LogP contribution in [-0.2, 0) is 13.1 Å². The van der Waals surface area contributed by atoms with Crippen LogP contribution < -0.4 is 5.32 Å². The lowest BCUT2D eigenvalue weighted by Crippen LogP contribution is -2.27. The van der Waals surface area contributed by atoms with E-state index in [1.54, 1.807) is 0 Å². The lowest BCUT2D eigenvalue weighted by Gasteiger charge is -2.24. The average molecular weight is 275 g/mol. The molecule has 20 heavy (non-hydrogen) atoms. The summed E-state index contributed by atoms with van der Waals surface area (Å²) in [5.74, 6) is 0. The molecule has 0 saturated carbocycles. The highest BCUT2D eigenvalue weighted by Gasteiger charge is 2.09. The first kappa shape index (κ1) is 15.5. The Kier molecular flexibility index (Phi) is 6.48. The van der Waals surface area contributed by atoms with E-state index in [1.807, 2.05) is 6.20 Å². The molecular formula is C17H29N3. The minimum Gasteiger partial charge on any atom is -0.310 e. The summed E-state index contributed by atoms with van der Waals surface area (Å²) >= 11 is 0. The van der Waals surface area contributed by atoms with E-state index in [1.165, 1.54) is 56.5 Å². The molecule has 1 aromatic heterocycles. The highest BCUT2D eigenvalue weighted by atomic mass is 15.1. The monoisotopic (exact) mass is 275 g/mol. The van der Waals surface area contributed by atoms with Crippen LogP contribution in [0.1, 0.15) is 57.2 Å². The number of nitrogens with zero attached hydrogens (tertiary/aromatic N) is 2. The molecule has 0 atom stereocenters. The molecular weight excluding hydrogens is 246 g/mol. The lowest BCUT2D eigenvalue weighted by atomic mass is 10.1. The first-order valence-electron chi connectivity index (χ1n) is 8.13. The van der Waals surface area contributed by atoms with Gasteiger partial charge < -0.3 is 5.32 Å². The summed E-state index contributed by atoms with van der Waals surface area (Å²) in [6, 6.07) is 4.92. The smallest absolute Gasteiger partial charge is 0.0544 e. The standard InChI is InChI=1S/C17H29N3/c1-15(2)18-12-16-8-9-17(19-13-16)14-20-10-6-4-3-5-7-11-20/h8-9,13,15,18H,3-7,10-12,14H2,1-2H3. The van der Waals surface area contributed by atoms with Gasteiger partial charge in [0.05, 0.1) is 5.69 Å². The van der Waals surface area contributed by atoms with Crippen molar-refractivity contribution in [2.75, 3.05) is 13.1 Å². The summed E-state index contributed by atoms with van der Waals surface area (Å²) in [7, 11) is 0. The number of aromatic nitrogens is 1. The Morgan fingerprint density at radius 3 is 2.40 bits per heavy atom. The Morgan fingerprint density at radius 1 is 1.10 bits per heavy atom. The molecule has 0 aromatic carbocycles. The lowest BCUT2D eigenvalue weighted by molar-refractivity contribution is 0.237. The summed E-state index contributed by atoms with van der Waals surface area (Å²) < 4.78 is 0. The Morgan fingerprint density at radius 2 is 1.80 bits per heavy atom. The van der Waals surface area contributed by atoms with Crippen LogP contribution in [0, 0.1) is 0 Å². The van der Waals surface area contributed by atoms with Crippen LogP contribution in [0.2, 0.25) is 0 Å². The molecule has 1 aliphatic heterocycles. The van der Waals surface area contributed by atoms with Crippen LogP contribution in [0.5, 0.6) is 0 Å². The molecule has 0 aliphatic carbocycles. The van der Waals surface area contributed by atoms with Crippen molar-refractivity contribution in [3.05, 3.63) is 29.6 Å². The molecule has 112 valence electrons. The number of hydrogen-bond donors (Lipinski definition) is 1. The fourth-order valence-electron chi connectivity index (χ4n) is 2.68. The SMILES string of the molecule is CC(C)NCc1ccc(CN2CCCCCCC2)nc1. The van der Waals surface area contributed by atoms with Gasteiger partial charge in [0.1, 0.15) is 0 Å². The Balaban J connectivity index is 1.82. The summed E-state index contributed by atoms with van der Waals surface area (Å²) in [6.07, 6.45) is 8.92. The van der Waals surface area contributed by atoms with Crippen molar-refractivity contribution in [1.29, 1.82) is 0 Å². The fraction of sp³-hybridized carbons (Fsp3) is 0.706. The molecule has 2 heterocycles. The van der Waals surface area contributed by atoms with Crippen LogP contribution in [0.3, 0.4) is 0 Å². The van der Waals surface area contributed by atoms with Gasteiger partial charge in [-0.05, 0) is 37.6 Å². The van der Waals surface area contributed by atoms with E-state index in [0.717, 1.165) is 13.1 Å². The number of hydrogen-bond acceptors (Lipinski definition) is 3. The van der Waals surface area contributed by atoms with Crippen LogP contribution >= 0.6 is 0 Å². The molecule has 1 N–H and O–H groups in total. The summed E-state index contributed by atoms with van der Waals surface area (Å²) in [5.41, 5.74) is 2.48. The van der Waals surface area contributed by atoms with Gasteiger partial charge in [-0.1, -0.05) is 39.2 Å². The maximum atomic E-state index is 4.62. The van der Waals surface area contributed by atoms with Gasteiger partial charge in [0.25, 0.3) is 0 Å². The van der Waals surface area contributed by atoms with E-state index >= 15 is 0 Å². The zero-order chi connectivity index (χ0) is 14.2. The third kappa shape index (κ3) is 5.59. The van der Waals surface area contributed by atoms with Gasteiger partial charge in [-0.15, -0.1) is 0 Å². The molecule has 0 unspecified atom stereocenters. The molecule has 0 bridgehead atoms. The van der Waals surface area contributed by atoms with E-state index in [2.05, 4.69) is 41.2 Å². The molecule has 3 heteroatoms. The molecule has 2 rings (SSSR count). The zero-order valence-corrected chi connectivity index (χ0v) is 13.1. The third-order valence-electron chi connectivity index (χ3n) is 3.93. The average Bonchev–Trinajstić information content (AvgIpc) is 2.41. The number of rotatable bonds is 5. The van der Waals surface area contributed by atoms with E-state index in [9.17, 15) is 0 Å². The van der Waals surface area contributed by atoms with Crippen molar-refractivity contribution >= 4 is 0 Å². The van der Waals surface area contributed by atoms with Gasteiger partial charge in [-0.25, -0.2) is 0 Å². The third-order valence-corrected chi connectivity index (χ3v) is 3.93. The van der Waals surface area contributed by atoms with Crippen molar-refractivity contribution in [2.45, 2.75) is 65.1 Å². The quantitative estimate of drug-likeness (QED) is 0.893. The molecule has 0 amide bonds.